The van der Waals surface area contributed by atoms with Crippen LogP contribution in [0.3, 0.4) is 0 Å². The molecule has 0 spiro atoms. The summed E-state index contributed by atoms with van der Waals surface area (Å²) in [6, 6.07) is 5.42. The van der Waals surface area contributed by atoms with E-state index < -0.39 is 0 Å². The Kier molecular flexibility index (Phi) is 7.89. The van der Waals surface area contributed by atoms with Gasteiger partial charge in [-0.2, -0.15) is 0 Å². The summed E-state index contributed by atoms with van der Waals surface area (Å²) in [5.74, 6) is 0.825. The van der Waals surface area contributed by atoms with Crippen molar-refractivity contribution < 1.29 is 14.6 Å². The number of carbonyl (C=O) groups excluding carboxylic acids is 1. The number of rotatable bonds is 9. The molecule has 0 bridgehead atoms. The van der Waals surface area contributed by atoms with Crippen LogP contribution in [0.15, 0.2) is 18.2 Å². The number of benzene rings is 1. The highest BCUT2D eigenvalue weighted by Gasteiger charge is 2.18. The van der Waals surface area contributed by atoms with E-state index in [9.17, 15) is 4.79 Å². The summed E-state index contributed by atoms with van der Waals surface area (Å²) in [6.07, 6.45) is 2.78. The standard InChI is InChI=1S/C18H30N2O3/c1-5-6-11-23-15-7-8-16(14(2)12-15)20-17(22)19-13-18(3,4)9-10-21/h7-8,12,21H,5-6,9-11,13H2,1-4H3,(H2,19,20,22). The molecule has 0 atom stereocenters. The molecular weight excluding hydrogens is 292 g/mol. The summed E-state index contributed by atoms with van der Waals surface area (Å²) in [5.41, 5.74) is 1.60. The number of amides is 2. The van der Waals surface area contributed by atoms with Crippen molar-refractivity contribution >= 4 is 11.7 Å². The molecule has 1 aromatic carbocycles. The first-order chi connectivity index (χ1) is 10.9. The summed E-state index contributed by atoms with van der Waals surface area (Å²) >= 11 is 0. The van der Waals surface area contributed by atoms with Gasteiger partial charge in [-0.05, 0) is 48.9 Å². The third kappa shape index (κ3) is 7.37. The van der Waals surface area contributed by atoms with Gasteiger partial charge in [-0.3, -0.25) is 0 Å². The van der Waals surface area contributed by atoms with Crippen molar-refractivity contribution in [2.75, 3.05) is 25.1 Å². The van der Waals surface area contributed by atoms with E-state index in [1.54, 1.807) is 0 Å². The molecule has 1 rings (SSSR count). The zero-order chi connectivity index (χ0) is 17.3. The largest absolute Gasteiger partial charge is 0.494 e. The van der Waals surface area contributed by atoms with Crippen LogP contribution in [0.2, 0.25) is 0 Å². The van der Waals surface area contributed by atoms with E-state index in [1.165, 1.54) is 0 Å². The van der Waals surface area contributed by atoms with Gasteiger partial charge >= 0.3 is 6.03 Å². The molecule has 0 heterocycles. The van der Waals surface area contributed by atoms with Crippen LogP contribution < -0.4 is 15.4 Å². The molecular formula is C18H30N2O3. The highest BCUT2D eigenvalue weighted by atomic mass is 16.5. The number of aliphatic hydroxyl groups excluding tert-OH is 1. The minimum atomic E-state index is -0.237. The summed E-state index contributed by atoms with van der Waals surface area (Å²) in [6.45, 7) is 9.43. The lowest BCUT2D eigenvalue weighted by atomic mass is 9.90. The van der Waals surface area contributed by atoms with Gasteiger partial charge in [0, 0.05) is 18.8 Å². The lowest BCUT2D eigenvalue weighted by Gasteiger charge is -2.24. The van der Waals surface area contributed by atoms with E-state index in [0.29, 0.717) is 19.6 Å². The first-order valence-electron chi connectivity index (χ1n) is 8.27. The number of nitrogens with one attached hydrogen (secondary N) is 2. The van der Waals surface area contributed by atoms with Crippen LogP contribution in [-0.4, -0.2) is 30.9 Å². The van der Waals surface area contributed by atoms with Crippen LogP contribution >= 0.6 is 0 Å². The van der Waals surface area contributed by atoms with E-state index in [4.69, 9.17) is 9.84 Å². The van der Waals surface area contributed by atoms with Gasteiger partial charge < -0.3 is 20.5 Å². The van der Waals surface area contributed by atoms with E-state index in [2.05, 4.69) is 17.6 Å². The normalized spacial score (nSPS) is 11.2. The molecule has 3 N–H and O–H groups in total. The zero-order valence-electron chi connectivity index (χ0n) is 14.7. The van der Waals surface area contributed by atoms with Crippen LogP contribution in [0.1, 0.15) is 45.6 Å². The Morgan fingerprint density at radius 3 is 2.70 bits per heavy atom. The summed E-state index contributed by atoms with van der Waals surface area (Å²) in [5, 5.41) is 14.7. The van der Waals surface area contributed by atoms with E-state index in [-0.39, 0.29) is 18.1 Å². The van der Waals surface area contributed by atoms with Crippen LogP contribution in [-0.2, 0) is 0 Å². The summed E-state index contributed by atoms with van der Waals surface area (Å²) < 4.78 is 5.65. The Morgan fingerprint density at radius 2 is 2.09 bits per heavy atom. The van der Waals surface area contributed by atoms with Crippen molar-refractivity contribution in [2.24, 2.45) is 5.41 Å². The Morgan fingerprint density at radius 1 is 1.35 bits per heavy atom. The van der Waals surface area contributed by atoms with Crippen molar-refractivity contribution in [3.63, 3.8) is 0 Å². The number of unbranched alkanes of at least 4 members (excludes halogenated alkanes) is 1. The fourth-order valence-corrected chi connectivity index (χ4v) is 2.08. The molecule has 0 aliphatic rings. The number of hydrogen-bond donors (Lipinski definition) is 3. The molecule has 23 heavy (non-hydrogen) atoms. The van der Waals surface area contributed by atoms with Crippen LogP contribution in [0.5, 0.6) is 5.75 Å². The van der Waals surface area contributed by atoms with Crippen LogP contribution in [0, 0.1) is 12.3 Å². The molecule has 1 aromatic rings. The first kappa shape index (κ1) is 19.3. The molecule has 130 valence electrons. The number of anilines is 1. The molecule has 0 aromatic heterocycles. The van der Waals surface area contributed by atoms with Crippen molar-refractivity contribution in [2.45, 2.75) is 47.0 Å². The van der Waals surface area contributed by atoms with E-state index in [1.807, 2.05) is 39.0 Å². The number of urea groups is 1. The molecule has 0 saturated heterocycles. The van der Waals surface area contributed by atoms with Gasteiger partial charge in [0.05, 0.1) is 6.61 Å². The predicted molar refractivity (Wildman–Crippen MR) is 94.1 cm³/mol. The molecule has 0 aliphatic heterocycles. The number of aryl methyl sites for hydroxylation is 1. The van der Waals surface area contributed by atoms with Gasteiger partial charge in [-0.1, -0.05) is 27.2 Å². The third-order valence-electron chi connectivity index (χ3n) is 3.73. The van der Waals surface area contributed by atoms with E-state index >= 15 is 0 Å². The molecule has 0 fully saturated rings. The Hall–Kier alpha value is -1.75. The molecule has 0 saturated carbocycles. The number of ether oxygens (including phenoxy) is 1. The monoisotopic (exact) mass is 322 g/mol. The Labute approximate surface area is 139 Å². The number of aliphatic hydroxyl groups is 1. The average Bonchev–Trinajstić information content (AvgIpc) is 2.48. The second-order valence-corrected chi connectivity index (χ2v) is 6.62. The highest BCUT2D eigenvalue weighted by molar-refractivity contribution is 5.90. The maximum absolute atomic E-state index is 12.0. The highest BCUT2D eigenvalue weighted by Crippen LogP contribution is 2.22. The maximum atomic E-state index is 12.0. The minimum Gasteiger partial charge on any atom is -0.494 e. The fraction of sp³-hybridized carbons (Fsp3) is 0.611. The van der Waals surface area contributed by atoms with Gasteiger partial charge in [0.15, 0.2) is 0 Å². The van der Waals surface area contributed by atoms with Crippen LogP contribution in [0.4, 0.5) is 10.5 Å². The lowest BCUT2D eigenvalue weighted by molar-refractivity contribution is 0.204. The molecule has 5 heteroatoms. The van der Waals surface area contributed by atoms with Crippen molar-refractivity contribution in [1.29, 1.82) is 0 Å². The molecule has 2 amide bonds. The minimum absolute atomic E-state index is 0.120. The maximum Gasteiger partial charge on any atom is 0.319 e. The number of hydrogen-bond acceptors (Lipinski definition) is 3. The first-order valence-corrected chi connectivity index (χ1v) is 8.27. The van der Waals surface area contributed by atoms with Gasteiger partial charge in [0.2, 0.25) is 0 Å². The molecule has 0 unspecified atom stereocenters. The second kappa shape index (κ2) is 9.40. The SMILES string of the molecule is CCCCOc1ccc(NC(=O)NCC(C)(C)CCO)c(C)c1. The smallest absolute Gasteiger partial charge is 0.319 e. The van der Waals surface area contributed by atoms with Gasteiger partial charge in [0.25, 0.3) is 0 Å². The van der Waals surface area contributed by atoms with Gasteiger partial charge in [-0.15, -0.1) is 0 Å². The molecule has 0 aliphatic carbocycles. The number of carbonyl (C=O) groups is 1. The van der Waals surface area contributed by atoms with E-state index in [0.717, 1.165) is 29.8 Å². The Balaban J connectivity index is 2.51. The van der Waals surface area contributed by atoms with Gasteiger partial charge in [-0.25, -0.2) is 4.79 Å². The second-order valence-electron chi connectivity index (χ2n) is 6.62. The zero-order valence-corrected chi connectivity index (χ0v) is 14.7. The van der Waals surface area contributed by atoms with Crippen molar-refractivity contribution in [3.8, 4) is 5.75 Å². The Bertz CT molecular complexity index is 501. The quantitative estimate of drug-likeness (QED) is 0.607. The average molecular weight is 322 g/mol. The lowest BCUT2D eigenvalue weighted by Crippen LogP contribution is -2.37. The topological polar surface area (TPSA) is 70.6 Å². The molecule has 0 radical (unpaired) electrons. The summed E-state index contributed by atoms with van der Waals surface area (Å²) in [4.78, 5) is 12.0. The third-order valence-corrected chi connectivity index (χ3v) is 3.73. The van der Waals surface area contributed by atoms with Crippen LogP contribution in [0.25, 0.3) is 0 Å². The van der Waals surface area contributed by atoms with Crippen molar-refractivity contribution in [3.05, 3.63) is 23.8 Å². The fourth-order valence-electron chi connectivity index (χ4n) is 2.08. The van der Waals surface area contributed by atoms with Crippen molar-refractivity contribution in [1.82, 2.24) is 5.32 Å². The predicted octanol–water partition coefficient (Wildman–Crippen LogP) is 3.70. The van der Waals surface area contributed by atoms with Gasteiger partial charge in [0.1, 0.15) is 5.75 Å². The molecule has 5 nitrogen and oxygen atoms in total. The summed E-state index contributed by atoms with van der Waals surface area (Å²) in [7, 11) is 0.